The van der Waals surface area contributed by atoms with Gasteiger partial charge in [-0.25, -0.2) is 4.98 Å². The number of hydrogen-bond donors (Lipinski definition) is 1. The number of hydrogen-bond acceptors (Lipinski definition) is 4. The van der Waals surface area contributed by atoms with Gasteiger partial charge < -0.3 is 5.73 Å². The van der Waals surface area contributed by atoms with Crippen LogP contribution in [-0.4, -0.2) is 15.2 Å². The number of rotatable bonds is 3. The van der Waals surface area contributed by atoms with Crippen molar-refractivity contribution >= 4 is 5.95 Å². The molecule has 0 saturated carbocycles. The van der Waals surface area contributed by atoms with E-state index in [0.29, 0.717) is 0 Å². The molecular weight excluding hydrogens is 200 g/mol. The van der Waals surface area contributed by atoms with Gasteiger partial charge in [0.2, 0.25) is 5.95 Å². The second-order valence-corrected chi connectivity index (χ2v) is 3.65. The fourth-order valence-corrected chi connectivity index (χ4v) is 1.59. The zero-order chi connectivity index (χ0) is 11.4. The summed E-state index contributed by atoms with van der Waals surface area (Å²) in [5.41, 5.74) is 8.60. The Bertz CT molecular complexity index is 465. The third kappa shape index (κ3) is 2.34. The average Bonchev–Trinajstić information content (AvgIpc) is 2.30. The van der Waals surface area contributed by atoms with Crippen molar-refractivity contribution in [3.63, 3.8) is 0 Å². The van der Waals surface area contributed by atoms with E-state index < -0.39 is 0 Å². The van der Waals surface area contributed by atoms with Crippen molar-refractivity contribution in [1.82, 2.24) is 15.2 Å². The van der Waals surface area contributed by atoms with Crippen molar-refractivity contribution < 1.29 is 0 Å². The van der Waals surface area contributed by atoms with E-state index in [1.54, 1.807) is 6.20 Å². The van der Waals surface area contributed by atoms with E-state index in [4.69, 9.17) is 5.73 Å². The van der Waals surface area contributed by atoms with Crippen LogP contribution in [0.4, 0.5) is 5.95 Å². The highest BCUT2D eigenvalue weighted by molar-refractivity contribution is 5.59. The van der Waals surface area contributed by atoms with Crippen LogP contribution in [0.1, 0.15) is 18.9 Å². The van der Waals surface area contributed by atoms with Crippen LogP contribution in [0.3, 0.4) is 0 Å². The lowest BCUT2D eigenvalue weighted by Crippen LogP contribution is -1.98. The van der Waals surface area contributed by atoms with Gasteiger partial charge in [0.15, 0.2) is 0 Å². The van der Waals surface area contributed by atoms with Gasteiger partial charge in [0.05, 0.1) is 11.9 Å². The van der Waals surface area contributed by atoms with Crippen LogP contribution in [0, 0.1) is 0 Å². The van der Waals surface area contributed by atoms with Gasteiger partial charge in [0.1, 0.15) is 0 Å². The summed E-state index contributed by atoms with van der Waals surface area (Å²) in [6.07, 6.45) is 3.87. The molecule has 4 nitrogen and oxygen atoms in total. The first-order valence-corrected chi connectivity index (χ1v) is 5.34. The van der Waals surface area contributed by atoms with Gasteiger partial charge in [-0.3, -0.25) is 0 Å². The summed E-state index contributed by atoms with van der Waals surface area (Å²) in [5, 5.41) is 7.41. The number of aromatic nitrogens is 3. The summed E-state index contributed by atoms with van der Waals surface area (Å²) >= 11 is 0. The predicted molar refractivity (Wildman–Crippen MR) is 63.7 cm³/mol. The van der Waals surface area contributed by atoms with Gasteiger partial charge >= 0.3 is 0 Å². The van der Waals surface area contributed by atoms with Crippen molar-refractivity contribution in [2.45, 2.75) is 19.8 Å². The lowest BCUT2D eigenvalue weighted by Gasteiger charge is -2.02. The van der Waals surface area contributed by atoms with Gasteiger partial charge in [-0.15, -0.1) is 5.10 Å². The summed E-state index contributed by atoms with van der Waals surface area (Å²) in [6.45, 7) is 2.17. The maximum Gasteiger partial charge on any atom is 0.240 e. The average molecular weight is 214 g/mol. The first-order valence-electron chi connectivity index (χ1n) is 5.34. The molecule has 2 aromatic rings. The molecule has 0 spiro atoms. The Labute approximate surface area is 94.6 Å². The van der Waals surface area contributed by atoms with E-state index in [0.717, 1.165) is 24.1 Å². The molecule has 0 aliphatic heterocycles. The normalized spacial score (nSPS) is 10.3. The third-order valence-corrected chi connectivity index (χ3v) is 2.36. The van der Waals surface area contributed by atoms with Gasteiger partial charge in [0, 0.05) is 5.56 Å². The highest BCUT2D eigenvalue weighted by Crippen LogP contribution is 2.17. The van der Waals surface area contributed by atoms with Crippen molar-refractivity contribution in [2.75, 3.05) is 5.73 Å². The molecule has 0 amide bonds. The first-order chi connectivity index (χ1) is 7.79. The minimum absolute atomic E-state index is 0.204. The second-order valence-electron chi connectivity index (χ2n) is 3.65. The topological polar surface area (TPSA) is 64.7 Å². The molecule has 0 radical (unpaired) electrons. The second kappa shape index (κ2) is 4.70. The quantitative estimate of drug-likeness (QED) is 0.849. The predicted octanol–water partition coefficient (Wildman–Crippen LogP) is 2.07. The van der Waals surface area contributed by atoms with E-state index in [9.17, 15) is 0 Å². The zero-order valence-corrected chi connectivity index (χ0v) is 9.22. The Morgan fingerprint density at radius 3 is 2.56 bits per heavy atom. The molecule has 16 heavy (non-hydrogen) atoms. The zero-order valence-electron chi connectivity index (χ0n) is 9.22. The van der Waals surface area contributed by atoms with Crippen LogP contribution in [0.15, 0.2) is 30.5 Å². The molecule has 1 aromatic heterocycles. The Morgan fingerprint density at radius 2 is 1.94 bits per heavy atom. The van der Waals surface area contributed by atoms with E-state index in [-0.39, 0.29) is 5.95 Å². The highest BCUT2D eigenvalue weighted by atomic mass is 15.2. The summed E-state index contributed by atoms with van der Waals surface area (Å²) in [5.74, 6) is 0.204. The molecule has 1 heterocycles. The van der Waals surface area contributed by atoms with Crippen LogP contribution < -0.4 is 5.73 Å². The SMILES string of the molecule is CCCc1ccc(-c2cnnc(N)n2)cc1. The number of anilines is 1. The number of benzene rings is 1. The Morgan fingerprint density at radius 1 is 1.19 bits per heavy atom. The molecule has 2 N–H and O–H groups in total. The lowest BCUT2D eigenvalue weighted by molar-refractivity contribution is 0.922. The van der Waals surface area contributed by atoms with Crippen LogP contribution >= 0.6 is 0 Å². The number of aryl methyl sites for hydroxylation is 1. The molecule has 2 rings (SSSR count). The summed E-state index contributed by atoms with van der Waals surface area (Å²) in [4.78, 5) is 4.12. The molecule has 0 atom stereocenters. The lowest BCUT2D eigenvalue weighted by atomic mass is 10.1. The molecule has 0 bridgehead atoms. The van der Waals surface area contributed by atoms with Gasteiger partial charge in [-0.2, -0.15) is 5.10 Å². The van der Waals surface area contributed by atoms with Crippen molar-refractivity contribution in [3.8, 4) is 11.3 Å². The molecule has 0 aliphatic rings. The fraction of sp³-hybridized carbons (Fsp3) is 0.250. The Balaban J connectivity index is 2.27. The summed E-state index contributed by atoms with van der Waals surface area (Å²) in [6, 6.07) is 8.29. The summed E-state index contributed by atoms with van der Waals surface area (Å²) in [7, 11) is 0. The molecule has 0 unspecified atom stereocenters. The van der Waals surface area contributed by atoms with Crippen LogP contribution in [0.25, 0.3) is 11.3 Å². The Hall–Kier alpha value is -1.97. The van der Waals surface area contributed by atoms with Gasteiger partial charge in [-0.05, 0) is 12.0 Å². The highest BCUT2D eigenvalue weighted by Gasteiger charge is 2.01. The number of nitrogen functional groups attached to an aromatic ring is 1. The maximum atomic E-state index is 5.49. The largest absolute Gasteiger partial charge is 0.366 e. The van der Waals surface area contributed by atoms with Crippen LogP contribution in [0.5, 0.6) is 0 Å². The smallest absolute Gasteiger partial charge is 0.240 e. The minimum Gasteiger partial charge on any atom is -0.366 e. The van der Waals surface area contributed by atoms with E-state index in [2.05, 4.69) is 34.2 Å². The third-order valence-electron chi connectivity index (χ3n) is 2.36. The van der Waals surface area contributed by atoms with Crippen molar-refractivity contribution in [3.05, 3.63) is 36.0 Å². The standard InChI is InChI=1S/C12H14N4/c1-2-3-9-4-6-10(7-5-9)11-8-14-16-12(13)15-11/h4-8H,2-3H2,1H3,(H2,13,15,16). The monoisotopic (exact) mass is 214 g/mol. The molecule has 0 aliphatic carbocycles. The van der Waals surface area contributed by atoms with Crippen LogP contribution in [0.2, 0.25) is 0 Å². The minimum atomic E-state index is 0.204. The molecule has 1 aromatic carbocycles. The van der Waals surface area contributed by atoms with Crippen LogP contribution in [-0.2, 0) is 6.42 Å². The van der Waals surface area contributed by atoms with E-state index in [1.165, 1.54) is 5.56 Å². The maximum absolute atomic E-state index is 5.49. The number of nitrogens with two attached hydrogens (primary N) is 1. The van der Waals surface area contributed by atoms with Gasteiger partial charge in [0.25, 0.3) is 0 Å². The van der Waals surface area contributed by atoms with Crippen molar-refractivity contribution in [2.24, 2.45) is 0 Å². The van der Waals surface area contributed by atoms with E-state index >= 15 is 0 Å². The van der Waals surface area contributed by atoms with E-state index in [1.807, 2.05) is 12.1 Å². The molecular formula is C12H14N4. The Kier molecular flexibility index (Phi) is 3.10. The fourth-order valence-electron chi connectivity index (χ4n) is 1.59. The first kappa shape index (κ1) is 10.5. The molecule has 4 heteroatoms. The molecule has 0 saturated heterocycles. The molecule has 82 valence electrons. The van der Waals surface area contributed by atoms with Gasteiger partial charge in [-0.1, -0.05) is 37.6 Å². The molecule has 0 fully saturated rings. The van der Waals surface area contributed by atoms with Crippen molar-refractivity contribution in [1.29, 1.82) is 0 Å². The summed E-state index contributed by atoms with van der Waals surface area (Å²) < 4.78 is 0. The number of nitrogens with zero attached hydrogens (tertiary/aromatic N) is 3.